The van der Waals surface area contributed by atoms with Gasteiger partial charge in [-0.3, -0.25) is 9.59 Å². The molecule has 0 aromatic heterocycles. The van der Waals surface area contributed by atoms with Crippen LogP contribution in [0.25, 0.3) is 0 Å². The van der Waals surface area contributed by atoms with Gasteiger partial charge in [0.1, 0.15) is 5.82 Å². The van der Waals surface area contributed by atoms with Crippen molar-refractivity contribution in [3.63, 3.8) is 0 Å². The Morgan fingerprint density at radius 1 is 1.29 bits per heavy atom. The molecule has 0 spiro atoms. The quantitative estimate of drug-likeness (QED) is 0.891. The molecule has 0 unspecified atom stereocenters. The minimum absolute atomic E-state index is 0.254. The number of amides is 1. The van der Waals surface area contributed by atoms with Gasteiger partial charge in [0.15, 0.2) is 5.82 Å². The number of halogens is 3. The van der Waals surface area contributed by atoms with E-state index in [1.807, 2.05) is 0 Å². The van der Waals surface area contributed by atoms with Gasteiger partial charge in [0.2, 0.25) is 5.91 Å². The summed E-state index contributed by atoms with van der Waals surface area (Å²) in [5, 5.41) is 11.3. The van der Waals surface area contributed by atoms with E-state index in [0.29, 0.717) is 18.9 Å². The Morgan fingerprint density at radius 3 is 2.43 bits per heavy atom. The van der Waals surface area contributed by atoms with Gasteiger partial charge in [-0.2, -0.15) is 0 Å². The van der Waals surface area contributed by atoms with Crippen LogP contribution in [0.3, 0.4) is 0 Å². The molecule has 1 aliphatic rings. The summed E-state index contributed by atoms with van der Waals surface area (Å²) >= 11 is 5.68. The van der Waals surface area contributed by atoms with E-state index in [1.165, 1.54) is 0 Å². The van der Waals surface area contributed by atoms with Crippen LogP contribution in [0.1, 0.15) is 32.1 Å². The zero-order chi connectivity index (χ0) is 15.6. The number of nitrogens with one attached hydrogen (secondary N) is 1. The number of hydrogen-bond donors (Lipinski definition) is 2. The number of benzene rings is 1. The van der Waals surface area contributed by atoms with E-state index in [4.69, 9.17) is 11.6 Å². The molecule has 114 valence electrons. The van der Waals surface area contributed by atoms with E-state index < -0.39 is 28.9 Å². The monoisotopic (exact) mass is 317 g/mol. The molecule has 0 bridgehead atoms. The lowest BCUT2D eigenvalue weighted by atomic mass is 9.82. The zero-order valence-electron chi connectivity index (χ0n) is 11.1. The summed E-state index contributed by atoms with van der Waals surface area (Å²) < 4.78 is 26.5. The Balaban J connectivity index is 2.14. The lowest BCUT2D eigenvalue weighted by Gasteiger charge is -2.23. The highest BCUT2D eigenvalue weighted by molar-refractivity contribution is 6.33. The van der Waals surface area contributed by atoms with Crippen LogP contribution < -0.4 is 5.32 Å². The molecule has 1 amide bonds. The first kappa shape index (κ1) is 15.7. The minimum Gasteiger partial charge on any atom is -0.481 e. The van der Waals surface area contributed by atoms with Crippen molar-refractivity contribution in [3.8, 4) is 0 Å². The van der Waals surface area contributed by atoms with Gasteiger partial charge in [0.25, 0.3) is 0 Å². The molecule has 1 aromatic carbocycles. The highest BCUT2D eigenvalue weighted by Gasteiger charge is 2.43. The number of anilines is 1. The van der Waals surface area contributed by atoms with Crippen molar-refractivity contribution in [3.05, 3.63) is 28.8 Å². The number of carbonyl (C=O) groups is 2. The van der Waals surface area contributed by atoms with Crippen LogP contribution >= 0.6 is 11.6 Å². The summed E-state index contributed by atoms with van der Waals surface area (Å²) in [6.07, 6.45) is 2.05. The molecular formula is C14H14ClF2NO3. The summed E-state index contributed by atoms with van der Waals surface area (Å²) in [7, 11) is 0. The van der Waals surface area contributed by atoms with Gasteiger partial charge < -0.3 is 10.4 Å². The normalized spacial score (nSPS) is 16.7. The van der Waals surface area contributed by atoms with Crippen LogP contribution in [0.2, 0.25) is 5.02 Å². The molecule has 1 aromatic rings. The van der Waals surface area contributed by atoms with E-state index in [9.17, 15) is 23.5 Å². The third-order valence-corrected chi connectivity index (χ3v) is 4.08. The molecule has 1 aliphatic carbocycles. The SMILES string of the molecule is O=C(CC1(C(=O)O)CCCC1)Nc1c(F)cc(F)cc1Cl. The molecule has 0 radical (unpaired) electrons. The maximum atomic E-state index is 13.6. The first-order chi connectivity index (χ1) is 9.84. The van der Waals surface area contributed by atoms with Gasteiger partial charge in [0, 0.05) is 12.5 Å². The predicted molar refractivity (Wildman–Crippen MR) is 73.2 cm³/mol. The minimum atomic E-state index is -1.10. The second kappa shape index (κ2) is 5.97. The topological polar surface area (TPSA) is 66.4 Å². The van der Waals surface area contributed by atoms with E-state index in [2.05, 4.69) is 5.32 Å². The highest BCUT2D eigenvalue weighted by atomic mass is 35.5. The predicted octanol–water partition coefficient (Wildman–Crippen LogP) is 3.59. The largest absolute Gasteiger partial charge is 0.481 e. The third-order valence-electron chi connectivity index (χ3n) is 3.78. The van der Waals surface area contributed by atoms with Crippen molar-refractivity contribution in [1.29, 1.82) is 0 Å². The summed E-state index contributed by atoms with van der Waals surface area (Å²) in [5.41, 5.74) is -1.44. The van der Waals surface area contributed by atoms with Crippen LogP contribution in [0.4, 0.5) is 14.5 Å². The van der Waals surface area contributed by atoms with Crippen LogP contribution in [0.5, 0.6) is 0 Å². The van der Waals surface area contributed by atoms with Crippen molar-refractivity contribution < 1.29 is 23.5 Å². The number of carboxylic acid groups (broad SMARTS) is 1. The fraction of sp³-hybridized carbons (Fsp3) is 0.429. The summed E-state index contributed by atoms with van der Waals surface area (Å²) in [6, 6.07) is 1.48. The molecule has 1 saturated carbocycles. The Hall–Kier alpha value is -1.69. The number of carbonyl (C=O) groups excluding carboxylic acids is 1. The number of aliphatic carboxylic acids is 1. The van der Waals surface area contributed by atoms with E-state index in [0.717, 1.165) is 18.9 Å². The molecule has 0 atom stereocenters. The second-order valence-electron chi connectivity index (χ2n) is 5.26. The third kappa shape index (κ3) is 3.32. The van der Waals surface area contributed by atoms with Gasteiger partial charge in [-0.05, 0) is 18.9 Å². The van der Waals surface area contributed by atoms with Gasteiger partial charge in [0.05, 0.1) is 16.1 Å². The number of carboxylic acids is 1. The van der Waals surface area contributed by atoms with Gasteiger partial charge >= 0.3 is 5.97 Å². The summed E-state index contributed by atoms with van der Waals surface area (Å²) in [5.74, 6) is -3.52. The van der Waals surface area contributed by atoms with Crippen LogP contribution in [0.15, 0.2) is 12.1 Å². The standard InChI is InChI=1S/C14H14ClF2NO3/c15-9-5-8(16)6-10(17)12(9)18-11(19)7-14(13(20)21)3-1-2-4-14/h5-6H,1-4,7H2,(H,18,19)(H,20,21). The average Bonchev–Trinajstić information content (AvgIpc) is 2.83. The van der Waals surface area contributed by atoms with Crippen molar-refractivity contribution in [2.45, 2.75) is 32.1 Å². The van der Waals surface area contributed by atoms with Gasteiger partial charge in [-0.15, -0.1) is 0 Å². The van der Waals surface area contributed by atoms with E-state index in [-0.39, 0.29) is 17.1 Å². The first-order valence-corrected chi connectivity index (χ1v) is 6.90. The summed E-state index contributed by atoms with van der Waals surface area (Å²) in [6.45, 7) is 0. The van der Waals surface area contributed by atoms with E-state index >= 15 is 0 Å². The number of rotatable bonds is 4. The van der Waals surface area contributed by atoms with Crippen molar-refractivity contribution in [1.82, 2.24) is 0 Å². The maximum absolute atomic E-state index is 13.6. The number of hydrogen-bond acceptors (Lipinski definition) is 2. The molecule has 2 rings (SSSR count). The Bertz CT molecular complexity index is 563. The molecule has 21 heavy (non-hydrogen) atoms. The van der Waals surface area contributed by atoms with E-state index in [1.54, 1.807) is 0 Å². The maximum Gasteiger partial charge on any atom is 0.310 e. The fourth-order valence-electron chi connectivity index (χ4n) is 2.67. The smallest absolute Gasteiger partial charge is 0.310 e. The second-order valence-corrected chi connectivity index (χ2v) is 5.67. The highest BCUT2D eigenvalue weighted by Crippen LogP contribution is 2.41. The van der Waals surface area contributed by atoms with Crippen molar-refractivity contribution >= 4 is 29.2 Å². The van der Waals surface area contributed by atoms with Crippen LogP contribution in [-0.4, -0.2) is 17.0 Å². The molecule has 0 aliphatic heterocycles. The molecule has 4 nitrogen and oxygen atoms in total. The van der Waals surface area contributed by atoms with Crippen molar-refractivity contribution in [2.24, 2.45) is 5.41 Å². The Kier molecular flexibility index (Phi) is 4.46. The van der Waals surface area contributed by atoms with Crippen LogP contribution in [-0.2, 0) is 9.59 Å². The molecule has 0 saturated heterocycles. The molecule has 0 heterocycles. The van der Waals surface area contributed by atoms with Gasteiger partial charge in [-0.25, -0.2) is 8.78 Å². The Labute approximate surface area is 125 Å². The molecule has 7 heteroatoms. The lowest BCUT2D eigenvalue weighted by molar-refractivity contribution is -0.150. The molecule has 1 fully saturated rings. The zero-order valence-corrected chi connectivity index (χ0v) is 11.8. The van der Waals surface area contributed by atoms with Crippen LogP contribution in [0, 0.1) is 17.0 Å². The molecular weight excluding hydrogens is 304 g/mol. The lowest BCUT2D eigenvalue weighted by Crippen LogP contribution is -2.33. The van der Waals surface area contributed by atoms with Crippen molar-refractivity contribution in [2.75, 3.05) is 5.32 Å². The first-order valence-electron chi connectivity index (χ1n) is 6.52. The Morgan fingerprint density at radius 2 is 1.90 bits per heavy atom. The fourth-order valence-corrected chi connectivity index (χ4v) is 2.91. The molecule has 2 N–H and O–H groups in total. The van der Waals surface area contributed by atoms with Gasteiger partial charge in [-0.1, -0.05) is 24.4 Å². The average molecular weight is 318 g/mol. The summed E-state index contributed by atoms with van der Waals surface area (Å²) in [4.78, 5) is 23.3.